The molecule has 0 spiro atoms. The summed E-state index contributed by atoms with van der Waals surface area (Å²) in [6, 6.07) is 0. The van der Waals surface area contributed by atoms with E-state index in [-0.39, 0.29) is 11.5 Å². The smallest absolute Gasteiger partial charge is 0.210 e. The third kappa shape index (κ3) is 2.25. The molecule has 0 amide bonds. The molecule has 0 saturated heterocycles. The molecule has 0 aromatic heterocycles. The van der Waals surface area contributed by atoms with Crippen molar-refractivity contribution in [3.05, 3.63) is 12.3 Å². The van der Waals surface area contributed by atoms with E-state index in [2.05, 4.69) is 39.1 Å². The minimum absolute atomic E-state index is 0.171. The van der Waals surface area contributed by atoms with Crippen molar-refractivity contribution in [1.29, 1.82) is 0 Å². The molecular weight excluding hydrogens is 194 g/mol. The van der Waals surface area contributed by atoms with Gasteiger partial charge in [0.05, 0.1) is 11.5 Å². The molecule has 3 nitrogen and oxygen atoms in total. The summed E-state index contributed by atoms with van der Waals surface area (Å²) < 4.78 is 13.1. The monoisotopic (exact) mass is 217 g/mol. The van der Waals surface area contributed by atoms with Crippen LogP contribution in [-0.4, -0.2) is 52.6 Å². The van der Waals surface area contributed by atoms with Gasteiger partial charge in [0.1, 0.15) is 0 Å². The van der Waals surface area contributed by atoms with Gasteiger partial charge in [-0.15, -0.1) is 6.58 Å². The lowest BCUT2D eigenvalue weighted by Crippen LogP contribution is -2.65. The highest BCUT2D eigenvalue weighted by atomic mass is 28.3. The summed E-state index contributed by atoms with van der Waals surface area (Å²) in [6.07, 6.45) is 0. The van der Waals surface area contributed by atoms with Crippen LogP contribution in [0.4, 0.5) is 0 Å². The van der Waals surface area contributed by atoms with Crippen molar-refractivity contribution in [3.8, 4) is 0 Å². The normalized spacial score (nSPS) is 20.2. The molecule has 0 saturated carbocycles. The number of hydrogen-bond donors (Lipinski definition) is 0. The zero-order valence-electron chi connectivity index (χ0n) is 10.2. The third-order valence-corrected chi connectivity index (χ3v) is 8.39. The van der Waals surface area contributed by atoms with Crippen LogP contribution in [0.5, 0.6) is 0 Å². The highest BCUT2D eigenvalue weighted by molar-refractivity contribution is 6.84. The first-order valence-electron chi connectivity index (χ1n) is 4.83. The van der Waals surface area contributed by atoms with Crippen LogP contribution in [0.1, 0.15) is 13.8 Å². The summed E-state index contributed by atoms with van der Waals surface area (Å²) >= 11 is 0. The fourth-order valence-corrected chi connectivity index (χ4v) is 5.85. The van der Waals surface area contributed by atoms with E-state index >= 15 is 0 Å². The molecule has 0 aromatic rings. The van der Waals surface area contributed by atoms with Crippen LogP contribution in [0.25, 0.3) is 0 Å². The molecule has 0 aromatic carbocycles. The number of hydrogen-bond acceptors (Lipinski definition) is 3. The molecule has 2 atom stereocenters. The SMILES string of the molecule is C=C[Si](C(C)OC)(C(C)OC)N(C)C. The lowest BCUT2D eigenvalue weighted by atomic mass is 10.8. The van der Waals surface area contributed by atoms with Crippen LogP contribution in [0.2, 0.25) is 0 Å². The molecule has 0 fully saturated rings. The van der Waals surface area contributed by atoms with Crippen molar-refractivity contribution >= 4 is 8.24 Å². The summed E-state index contributed by atoms with van der Waals surface area (Å²) in [5.41, 5.74) is 2.38. The van der Waals surface area contributed by atoms with Gasteiger partial charge < -0.3 is 14.0 Å². The number of ether oxygens (including phenoxy) is 2. The number of rotatable bonds is 6. The van der Waals surface area contributed by atoms with Crippen LogP contribution in [-0.2, 0) is 9.47 Å². The molecule has 0 aliphatic rings. The Labute approximate surface area is 88.8 Å². The van der Waals surface area contributed by atoms with Crippen molar-refractivity contribution in [2.75, 3.05) is 28.3 Å². The quantitative estimate of drug-likeness (QED) is 0.627. The minimum atomic E-state index is -1.90. The molecule has 4 heteroatoms. The van der Waals surface area contributed by atoms with E-state index < -0.39 is 8.24 Å². The second kappa shape index (κ2) is 5.65. The first-order chi connectivity index (χ1) is 6.47. The van der Waals surface area contributed by atoms with E-state index in [1.807, 2.05) is 5.70 Å². The Morgan fingerprint density at radius 2 is 1.50 bits per heavy atom. The Kier molecular flexibility index (Phi) is 5.59. The largest absolute Gasteiger partial charge is 0.383 e. The fourth-order valence-electron chi connectivity index (χ4n) is 1.95. The fraction of sp³-hybridized carbons (Fsp3) is 0.800. The van der Waals surface area contributed by atoms with E-state index in [1.54, 1.807) is 14.2 Å². The van der Waals surface area contributed by atoms with Gasteiger partial charge in [-0.25, -0.2) is 0 Å². The second-order valence-electron chi connectivity index (χ2n) is 3.74. The summed E-state index contributed by atoms with van der Waals surface area (Å²) in [5.74, 6) is 0. The number of nitrogens with zero attached hydrogens (tertiary/aromatic N) is 1. The molecule has 84 valence electrons. The first kappa shape index (κ1) is 13.8. The van der Waals surface area contributed by atoms with Crippen molar-refractivity contribution in [2.24, 2.45) is 0 Å². The van der Waals surface area contributed by atoms with Gasteiger partial charge in [0, 0.05) is 14.2 Å². The average Bonchev–Trinajstić information content (AvgIpc) is 2.18. The zero-order chi connectivity index (χ0) is 11.4. The van der Waals surface area contributed by atoms with Gasteiger partial charge >= 0.3 is 0 Å². The molecule has 2 unspecified atom stereocenters. The van der Waals surface area contributed by atoms with Crippen molar-refractivity contribution in [2.45, 2.75) is 25.3 Å². The maximum absolute atomic E-state index is 5.46. The maximum atomic E-state index is 5.46. The molecule has 14 heavy (non-hydrogen) atoms. The van der Waals surface area contributed by atoms with Gasteiger partial charge in [-0.1, -0.05) is 5.70 Å². The Balaban J connectivity index is 5.07. The lowest BCUT2D eigenvalue weighted by molar-refractivity contribution is 0.124. The molecule has 0 bridgehead atoms. The van der Waals surface area contributed by atoms with Crippen LogP contribution < -0.4 is 0 Å². The van der Waals surface area contributed by atoms with Crippen molar-refractivity contribution in [3.63, 3.8) is 0 Å². The summed E-state index contributed by atoms with van der Waals surface area (Å²) in [7, 11) is 5.71. The summed E-state index contributed by atoms with van der Waals surface area (Å²) in [6.45, 7) is 8.13. The standard InChI is InChI=1S/C10H23NO2Si/c1-8-14(11(4)5,9(2)12-6)10(3)13-7/h8-10H,1H2,2-7H3. The molecule has 0 aliphatic carbocycles. The summed E-state index contributed by atoms with van der Waals surface area (Å²) in [5, 5.41) is 0. The predicted molar refractivity (Wildman–Crippen MR) is 62.6 cm³/mol. The molecule has 0 heterocycles. The van der Waals surface area contributed by atoms with Crippen LogP contribution in [0, 0.1) is 0 Å². The highest BCUT2D eigenvalue weighted by Crippen LogP contribution is 2.21. The van der Waals surface area contributed by atoms with E-state index in [9.17, 15) is 0 Å². The van der Waals surface area contributed by atoms with Crippen LogP contribution in [0.3, 0.4) is 0 Å². The predicted octanol–water partition coefficient (Wildman–Crippen LogP) is 1.37. The average molecular weight is 217 g/mol. The molecule has 0 radical (unpaired) electrons. The third-order valence-electron chi connectivity index (χ3n) is 3.11. The Bertz CT molecular complexity index is 175. The van der Waals surface area contributed by atoms with Crippen molar-refractivity contribution < 1.29 is 9.47 Å². The number of methoxy groups -OCH3 is 2. The molecule has 0 N–H and O–H groups in total. The lowest BCUT2D eigenvalue weighted by Gasteiger charge is -2.42. The van der Waals surface area contributed by atoms with Crippen LogP contribution in [0.15, 0.2) is 12.3 Å². The maximum Gasteiger partial charge on any atom is 0.210 e. The van der Waals surface area contributed by atoms with Gasteiger partial charge in [-0.05, 0) is 27.9 Å². The first-order valence-corrected chi connectivity index (χ1v) is 7.01. The van der Waals surface area contributed by atoms with E-state index in [0.29, 0.717) is 0 Å². The Morgan fingerprint density at radius 3 is 1.64 bits per heavy atom. The van der Waals surface area contributed by atoms with Gasteiger partial charge in [0.25, 0.3) is 0 Å². The van der Waals surface area contributed by atoms with E-state index in [1.165, 1.54) is 0 Å². The van der Waals surface area contributed by atoms with Gasteiger partial charge in [0.15, 0.2) is 0 Å². The second-order valence-corrected chi connectivity index (χ2v) is 8.45. The van der Waals surface area contributed by atoms with Crippen molar-refractivity contribution in [1.82, 2.24) is 4.57 Å². The summed E-state index contributed by atoms with van der Waals surface area (Å²) in [4.78, 5) is 0. The molecule has 0 aliphatic heterocycles. The van der Waals surface area contributed by atoms with Crippen LogP contribution >= 0.6 is 0 Å². The van der Waals surface area contributed by atoms with Gasteiger partial charge in [-0.3, -0.25) is 0 Å². The van der Waals surface area contributed by atoms with Gasteiger partial charge in [-0.2, -0.15) is 0 Å². The highest BCUT2D eigenvalue weighted by Gasteiger charge is 2.45. The van der Waals surface area contributed by atoms with Gasteiger partial charge in [0.2, 0.25) is 8.24 Å². The Hall–Kier alpha value is -0.163. The van der Waals surface area contributed by atoms with E-state index in [4.69, 9.17) is 9.47 Å². The zero-order valence-corrected chi connectivity index (χ0v) is 11.2. The van der Waals surface area contributed by atoms with E-state index in [0.717, 1.165) is 0 Å². The molecule has 0 rings (SSSR count). The minimum Gasteiger partial charge on any atom is -0.383 e. The molecular formula is C10H23NO2Si. The topological polar surface area (TPSA) is 21.7 Å². The Morgan fingerprint density at radius 1 is 1.14 bits per heavy atom.